The van der Waals surface area contributed by atoms with Gasteiger partial charge in [-0.1, -0.05) is 12.2 Å². The summed E-state index contributed by atoms with van der Waals surface area (Å²) in [6, 6.07) is 8.08. The maximum absolute atomic E-state index is 14.6. The second-order valence-corrected chi connectivity index (χ2v) is 8.23. The minimum Gasteiger partial charge on any atom is -0.207 e. The molecule has 0 spiro atoms. The molecule has 0 atom stereocenters. The molecule has 35 heavy (non-hydrogen) atoms. The number of nitriles is 1. The van der Waals surface area contributed by atoms with E-state index in [4.69, 9.17) is 5.26 Å². The predicted molar refractivity (Wildman–Crippen MR) is 122 cm³/mol. The first kappa shape index (κ1) is 26.1. The summed E-state index contributed by atoms with van der Waals surface area (Å²) in [6.07, 6.45) is 4.65. The second kappa shape index (κ2) is 11.7. The Kier molecular flexibility index (Phi) is 8.75. The standard InChI is InChI=1S/C28H23F6N/c1-2-3-4-5-17-10-23(29)20(24(30)11-17)8-6-18-12-25(31)21(26(32)13-18)9-7-19-14-27(33)22(16-35)28(34)15-19/h2-3,10-15H,4-9H2,1H3/b3-2+. The number of aryl methyl sites for hydroxylation is 3. The highest BCUT2D eigenvalue weighted by Gasteiger charge is 2.16. The molecule has 0 N–H and O–H groups in total. The summed E-state index contributed by atoms with van der Waals surface area (Å²) >= 11 is 0. The molecule has 0 aliphatic rings. The molecule has 3 rings (SSSR count). The Morgan fingerprint density at radius 1 is 0.600 bits per heavy atom. The number of allylic oxidation sites excluding steroid dienone is 2. The number of hydrogen-bond acceptors (Lipinski definition) is 1. The van der Waals surface area contributed by atoms with Crippen molar-refractivity contribution in [2.45, 2.75) is 45.4 Å². The first-order valence-corrected chi connectivity index (χ1v) is 11.2. The molecule has 7 heteroatoms. The highest BCUT2D eigenvalue weighted by atomic mass is 19.2. The summed E-state index contributed by atoms with van der Waals surface area (Å²) in [7, 11) is 0. The Morgan fingerprint density at radius 2 is 0.971 bits per heavy atom. The zero-order valence-electron chi connectivity index (χ0n) is 19.1. The summed E-state index contributed by atoms with van der Waals surface area (Å²) in [5.41, 5.74) is -0.203. The van der Waals surface area contributed by atoms with E-state index in [1.807, 2.05) is 19.1 Å². The van der Waals surface area contributed by atoms with Crippen molar-refractivity contribution in [2.24, 2.45) is 0 Å². The molecular formula is C28H23F6N. The Morgan fingerprint density at radius 3 is 1.34 bits per heavy atom. The van der Waals surface area contributed by atoms with Gasteiger partial charge in [-0.15, -0.1) is 0 Å². The molecule has 0 heterocycles. The number of benzene rings is 3. The fraction of sp³-hybridized carbons (Fsp3) is 0.250. The SMILES string of the molecule is C/C=C/CCc1cc(F)c(CCc2cc(F)c(CCc3cc(F)c(C#N)c(F)c3)c(F)c2)c(F)c1. The summed E-state index contributed by atoms with van der Waals surface area (Å²) in [5, 5.41) is 8.72. The van der Waals surface area contributed by atoms with Gasteiger partial charge in [-0.25, -0.2) is 26.3 Å². The molecule has 0 unspecified atom stereocenters. The van der Waals surface area contributed by atoms with Crippen LogP contribution in [0.5, 0.6) is 0 Å². The number of rotatable bonds is 9. The van der Waals surface area contributed by atoms with Crippen LogP contribution in [0.3, 0.4) is 0 Å². The number of hydrogen-bond donors (Lipinski definition) is 0. The third-order valence-electron chi connectivity index (χ3n) is 5.78. The van der Waals surface area contributed by atoms with Crippen molar-refractivity contribution in [3.05, 3.63) is 117 Å². The van der Waals surface area contributed by atoms with Gasteiger partial charge in [-0.3, -0.25) is 0 Å². The molecule has 0 fully saturated rings. The monoisotopic (exact) mass is 487 g/mol. The molecule has 182 valence electrons. The van der Waals surface area contributed by atoms with Gasteiger partial charge in [0, 0.05) is 11.1 Å². The lowest BCUT2D eigenvalue weighted by Gasteiger charge is -2.11. The van der Waals surface area contributed by atoms with Crippen LogP contribution in [0.25, 0.3) is 0 Å². The van der Waals surface area contributed by atoms with Crippen LogP contribution >= 0.6 is 0 Å². The normalized spacial score (nSPS) is 11.3. The van der Waals surface area contributed by atoms with Gasteiger partial charge in [0.2, 0.25) is 0 Å². The molecular weight excluding hydrogens is 464 g/mol. The van der Waals surface area contributed by atoms with Crippen molar-refractivity contribution < 1.29 is 26.3 Å². The summed E-state index contributed by atoms with van der Waals surface area (Å²) in [5.74, 6) is -5.17. The molecule has 1 nitrogen and oxygen atoms in total. The molecule has 0 aliphatic carbocycles. The van der Waals surface area contributed by atoms with E-state index in [1.54, 1.807) is 0 Å². The first-order chi connectivity index (χ1) is 16.7. The van der Waals surface area contributed by atoms with Crippen LogP contribution in [0.2, 0.25) is 0 Å². The van der Waals surface area contributed by atoms with Gasteiger partial charge in [0.15, 0.2) is 0 Å². The van der Waals surface area contributed by atoms with Gasteiger partial charge < -0.3 is 0 Å². The summed E-state index contributed by atoms with van der Waals surface area (Å²) in [6.45, 7) is 1.86. The van der Waals surface area contributed by atoms with Crippen LogP contribution < -0.4 is 0 Å². The fourth-order valence-corrected chi connectivity index (χ4v) is 3.91. The predicted octanol–water partition coefficient (Wildman–Crippen LogP) is 7.47. The Labute approximate surface area is 200 Å². The van der Waals surface area contributed by atoms with Crippen LogP contribution in [0.15, 0.2) is 48.6 Å². The van der Waals surface area contributed by atoms with Crippen molar-refractivity contribution in [1.82, 2.24) is 0 Å². The maximum atomic E-state index is 14.6. The van der Waals surface area contributed by atoms with E-state index < -0.39 is 40.5 Å². The van der Waals surface area contributed by atoms with Crippen LogP contribution in [-0.4, -0.2) is 0 Å². The van der Waals surface area contributed by atoms with Gasteiger partial charge >= 0.3 is 0 Å². The van der Waals surface area contributed by atoms with Crippen molar-refractivity contribution in [1.29, 1.82) is 5.26 Å². The second-order valence-electron chi connectivity index (χ2n) is 8.23. The van der Waals surface area contributed by atoms with E-state index in [0.717, 1.165) is 24.3 Å². The smallest absolute Gasteiger partial charge is 0.144 e. The van der Waals surface area contributed by atoms with Crippen molar-refractivity contribution in [3.8, 4) is 6.07 Å². The van der Waals surface area contributed by atoms with E-state index in [1.165, 1.54) is 18.2 Å². The van der Waals surface area contributed by atoms with Gasteiger partial charge in [-0.2, -0.15) is 5.26 Å². The molecule has 0 radical (unpaired) electrons. The largest absolute Gasteiger partial charge is 0.207 e. The molecule has 0 aromatic heterocycles. The third-order valence-corrected chi connectivity index (χ3v) is 5.78. The van der Waals surface area contributed by atoms with E-state index in [0.29, 0.717) is 18.4 Å². The van der Waals surface area contributed by atoms with Gasteiger partial charge in [-0.05, 0) is 98.5 Å². The van der Waals surface area contributed by atoms with E-state index in [-0.39, 0.29) is 47.9 Å². The molecule has 0 amide bonds. The van der Waals surface area contributed by atoms with Crippen LogP contribution in [-0.2, 0) is 32.1 Å². The Bertz CT molecular complexity index is 1220. The van der Waals surface area contributed by atoms with Crippen LogP contribution in [0.1, 0.15) is 46.7 Å². The summed E-state index contributed by atoms with van der Waals surface area (Å²) < 4.78 is 85.6. The third kappa shape index (κ3) is 6.54. The summed E-state index contributed by atoms with van der Waals surface area (Å²) in [4.78, 5) is 0. The lowest BCUT2D eigenvalue weighted by Crippen LogP contribution is -2.05. The maximum Gasteiger partial charge on any atom is 0.144 e. The van der Waals surface area contributed by atoms with Gasteiger partial charge in [0.05, 0.1) is 0 Å². The van der Waals surface area contributed by atoms with Crippen molar-refractivity contribution in [2.75, 3.05) is 0 Å². The number of nitrogens with zero attached hydrogens (tertiary/aromatic N) is 1. The van der Waals surface area contributed by atoms with Crippen LogP contribution in [0, 0.1) is 46.2 Å². The zero-order valence-corrected chi connectivity index (χ0v) is 19.1. The highest BCUT2D eigenvalue weighted by Crippen LogP contribution is 2.23. The molecule has 3 aromatic rings. The van der Waals surface area contributed by atoms with E-state index in [9.17, 15) is 26.3 Å². The van der Waals surface area contributed by atoms with Crippen LogP contribution in [0.4, 0.5) is 26.3 Å². The van der Waals surface area contributed by atoms with Crippen molar-refractivity contribution in [3.63, 3.8) is 0 Å². The van der Waals surface area contributed by atoms with Gasteiger partial charge in [0.1, 0.15) is 46.5 Å². The zero-order chi connectivity index (χ0) is 25.5. The fourth-order valence-electron chi connectivity index (χ4n) is 3.91. The molecule has 3 aromatic carbocycles. The van der Waals surface area contributed by atoms with Gasteiger partial charge in [0.25, 0.3) is 0 Å². The first-order valence-electron chi connectivity index (χ1n) is 11.2. The minimum absolute atomic E-state index is 0.0198. The average molecular weight is 487 g/mol. The molecule has 0 aliphatic heterocycles. The quantitative estimate of drug-likeness (QED) is 0.227. The molecule has 0 saturated heterocycles. The Balaban J connectivity index is 1.69. The van der Waals surface area contributed by atoms with E-state index in [2.05, 4.69) is 0 Å². The minimum atomic E-state index is -1.04. The molecule has 0 bridgehead atoms. The Hall–Kier alpha value is -3.53. The number of halogens is 6. The van der Waals surface area contributed by atoms with Crippen molar-refractivity contribution >= 4 is 0 Å². The topological polar surface area (TPSA) is 23.8 Å². The highest BCUT2D eigenvalue weighted by molar-refractivity contribution is 5.36. The molecule has 0 saturated carbocycles. The van der Waals surface area contributed by atoms with E-state index >= 15 is 0 Å². The average Bonchev–Trinajstić information content (AvgIpc) is 2.78. The lowest BCUT2D eigenvalue weighted by molar-refractivity contribution is 0.544. The lowest BCUT2D eigenvalue weighted by atomic mass is 9.97.